The van der Waals surface area contributed by atoms with Crippen LogP contribution in [0.3, 0.4) is 0 Å². The van der Waals surface area contributed by atoms with E-state index in [9.17, 15) is 0 Å². The Labute approximate surface area is 280 Å². The van der Waals surface area contributed by atoms with Crippen LogP contribution in [0.4, 0.5) is 11.4 Å². The lowest BCUT2D eigenvalue weighted by atomic mass is 9.99. The van der Waals surface area contributed by atoms with Crippen molar-refractivity contribution in [3.8, 4) is 0 Å². The van der Waals surface area contributed by atoms with Gasteiger partial charge in [-0.25, -0.2) is 0 Å². The highest BCUT2D eigenvalue weighted by molar-refractivity contribution is 6.32. The number of aryl methyl sites for hydroxylation is 2. The monoisotopic (exact) mass is 664 g/mol. The molecule has 2 saturated heterocycles. The van der Waals surface area contributed by atoms with E-state index in [2.05, 4.69) is 29.6 Å². The fourth-order valence-corrected chi connectivity index (χ4v) is 6.99. The normalized spacial score (nSPS) is 17.8. The van der Waals surface area contributed by atoms with Gasteiger partial charge in [-0.15, -0.1) is 0 Å². The first-order valence-corrected chi connectivity index (χ1v) is 16.7. The zero-order valence-electron chi connectivity index (χ0n) is 27.0. The number of Topliss-reactive ketones (excluding diaryl/α,β-unsaturated/α-hetero) is 1. The molecule has 13 heteroatoms. The summed E-state index contributed by atoms with van der Waals surface area (Å²) in [4.78, 5) is 32.8. The summed E-state index contributed by atoms with van der Waals surface area (Å²) in [5.74, 6) is 0.169. The number of halogens is 2. The van der Waals surface area contributed by atoms with E-state index in [-0.39, 0.29) is 5.78 Å². The Balaban J connectivity index is 1.29. The SMILES string of the molecule is Cc1nn(CC(C(=O)C(Cn2nc(C)c(Cl)c2C)N2CCN(c3ccncc3)CC2)N2CCN(c3ccncc3)CC2)c(C)c1Cl. The number of piperazine rings is 2. The Bertz CT molecular complexity index is 1510. The van der Waals surface area contributed by atoms with E-state index in [0.717, 1.165) is 86.5 Å². The molecule has 0 aromatic carbocycles. The smallest absolute Gasteiger partial charge is 0.170 e. The van der Waals surface area contributed by atoms with Crippen LogP contribution in [0.1, 0.15) is 22.8 Å². The second-order valence-corrected chi connectivity index (χ2v) is 13.0. The van der Waals surface area contributed by atoms with Gasteiger partial charge in [0.05, 0.1) is 58.0 Å². The highest BCUT2D eigenvalue weighted by Crippen LogP contribution is 2.26. The molecule has 2 unspecified atom stereocenters. The molecule has 4 aromatic heterocycles. The zero-order chi connectivity index (χ0) is 32.4. The van der Waals surface area contributed by atoms with E-state index in [4.69, 9.17) is 33.4 Å². The lowest BCUT2D eigenvalue weighted by Gasteiger charge is -2.43. The van der Waals surface area contributed by atoms with Crippen molar-refractivity contribution >= 4 is 40.4 Å². The molecule has 6 rings (SSSR count). The van der Waals surface area contributed by atoms with Crippen LogP contribution in [0.25, 0.3) is 0 Å². The summed E-state index contributed by atoms with van der Waals surface area (Å²) in [6.45, 7) is 14.9. The van der Waals surface area contributed by atoms with Crippen molar-refractivity contribution in [3.05, 3.63) is 81.9 Å². The van der Waals surface area contributed by atoms with Crippen LogP contribution in [-0.2, 0) is 17.9 Å². The molecule has 0 aliphatic carbocycles. The molecule has 2 aliphatic heterocycles. The van der Waals surface area contributed by atoms with E-state index >= 15 is 4.79 Å². The van der Waals surface area contributed by atoms with Crippen LogP contribution in [0, 0.1) is 27.7 Å². The molecule has 2 atom stereocenters. The molecule has 0 amide bonds. The van der Waals surface area contributed by atoms with Crippen molar-refractivity contribution < 1.29 is 4.79 Å². The van der Waals surface area contributed by atoms with Crippen LogP contribution in [0.2, 0.25) is 10.0 Å². The van der Waals surface area contributed by atoms with Gasteiger partial charge in [0.1, 0.15) is 0 Å². The number of anilines is 2. The number of ketones is 1. The Morgan fingerprint density at radius 3 is 1.28 bits per heavy atom. The van der Waals surface area contributed by atoms with Gasteiger partial charge in [0.15, 0.2) is 5.78 Å². The molecule has 6 heterocycles. The Morgan fingerprint density at radius 2 is 0.978 bits per heavy atom. The number of carbonyl (C=O) groups is 1. The van der Waals surface area contributed by atoms with E-state index in [0.29, 0.717) is 23.1 Å². The molecule has 2 aliphatic rings. The van der Waals surface area contributed by atoms with Gasteiger partial charge in [0.2, 0.25) is 0 Å². The summed E-state index contributed by atoms with van der Waals surface area (Å²) < 4.78 is 3.82. The summed E-state index contributed by atoms with van der Waals surface area (Å²) in [6.07, 6.45) is 7.30. The molecule has 0 radical (unpaired) electrons. The lowest BCUT2D eigenvalue weighted by molar-refractivity contribution is -0.131. The number of nitrogens with zero attached hydrogens (tertiary/aromatic N) is 10. The van der Waals surface area contributed by atoms with E-state index in [1.54, 1.807) is 0 Å². The summed E-state index contributed by atoms with van der Waals surface area (Å²) >= 11 is 13.2. The summed E-state index contributed by atoms with van der Waals surface area (Å²) in [6, 6.07) is 7.36. The maximum atomic E-state index is 15.1. The number of hydrogen-bond donors (Lipinski definition) is 0. The van der Waals surface area contributed by atoms with Crippen molar-refractivity contribution in [2.75, 3.05) is 62.2 Å². The van der Waals surface area contributed by atoms with Gasteiger partial charge in [-0.1, -0.05) is 23.2 Å². The Morgan fingerprint density at radius 1 is 0.630 bits per heavy atom. The van der Waals surface area contributed by atoms with Gasteiger partial charge < -0.3 is 9.80 Å². The van der Waals surface area contributed by atoms with Crippen LogP contribution in [-0.4, -0.2) is 110 Å². The third kappa shape index (κ3) is 6.78. The van der Waals surface area contributed by atoms with Gasteiger partial charge in [0.25, 0.3) is 0 Å². The summed E-state index contributed by atoms with van der Waals surface area (Å²) in [7, 11) is 0. The highest BCUT2D eigenvalue weighted by Gasteiger charge is 2.39. The first-order valence-electron chi connectivity index (χ1n) is 15.9. The largest absolute Gasteiger partial charge is 0.369 e. The molecule has 2 fully saturated rings. The van der Waals surface area contributed by atoms with Crippen LogP contribution >= 0.6 is 23.2 Å². The van der Waals surface area contributed by atoms with Crippen molar-refractivity contribution in [1.82, 2.24) is 39.3 Å². The molecule has 4 aromatic rings. The topological polar surface area (TPSA) is 91.5 Å². The fraction of sp³-hybridized carbons (Fsp3) is 0.485. The van der Waals surface area contributed by atoms with Gasteiger partial charge in [-0.05, 0) is 52.0 Å². The average Bonchev–Trinajstić information content (AvgIpc) is 3.49. The molecule has 46 heavy (non-hydrogen) atoms. The molecule has 0 N–H and O–H groups in total. The minimum atomic E-state index is -0.399. The second kappa shape index (κ2) is 14.1. The number of carbonyl (C=O) groups excluding carboxylic acids is 1. The molecule has 244 valence electrons. The third-order valence-electron chi connectivity index (χ3n) is 9.50. The predicted octanol–water partition coefficient (Wildman–Crippen LogP) is 4.06. The molecule has 11 nitrogen and oxygen atoms in total. The van der Waals surface area contributed by atoms with Crippen LogP contribution in [0.15, 0.2) is 49.1 Å². The number of aromatic nitrogens is 6. The summed E-state index contributed by atoms with van der Waals surface area (Å²) in [5.41, 5.74) is 5.59. The predicted molar refractivity (Wildman–Crippen MR) is 182 cm³/mol. The minimum Gasteiger partial charge on any atom is -0.369 e. The molecule has 0 bridgehead atoms. The first kappa shape index (κ1) is 32.4. The van der Waals surface area contributed by atoms with E-state index < -0.39 is 12.1 Å². The van der Waals surface area contributed by atoms with E-state index in [1.165, 1.54) is 0 Å². The third-order valence-corrected chi connectivity index (χ3v) is 10.6. The van der Waals surface area contributed by atoms with Crippen LogP contribution < -0.4 is 9.80 Å². The number of pyridine rings is 2. The number of hydrogen-bond acceptors (Lipinski definition) is 9. The van der Waals surface area contributed by atoms with Crippen molar-refractivity contribution in [1.29, 1.82) is 0 Å². The quantitative estimate of drug-likeness (QED) is 0.249. The maximum Gasteiger partial charge on any atom is 0.170 e. The molecule has 0 spiro atoms. The van der Waals surface area contributed by atoms with E-state index in [1.807, 2.05) is 86.1 Å². The second-order valence-electron chi connectivity index (χ2n) is 12.2. The minimum absolute atomic E-state index is 0.169. The maximum absolute atomic E-state index is 15.1. The van der Waals surface area contributed by atoms with Gasteiger partial charge in [0, 0.05) is 88.5 Å². The van der Waals surface area contributed by atoms with Gasteiger partial charge >= 0.3 is 0 Å². The standard InChI is InChI=1S/C33H42Cl2N10O/c1-23-31(34)25(3)44(38-23)21-29(42-17-13-40(14-18-42)27-5-9-36-10-6-27)33(46)30(22-45-26(4)32(35)24(2)39-45)43-19-15-41(16-20-43)28-7-11-37-12-8-28/h5-12,29-30H,13-22H2,1-4H3. The molecule has 0 saturated carbocycles. The van der Waals surface area contributed by atoms with Crippen LogP contribution in [0.5, 0.6) is 0 Å². The van der Waals surface area contributed by atoms with Gasteiger partial charge in [-0.3, -0.25) is 33.9 Å². The Kier molecular flexibility index (Phi) is 9.93. The molecular formula is C33H42Cl2N10O. The van der Waals surface area contributed by atoms with Gasteiger partial charge in [-0.2, -0.15) is 10.2 Å². The summed E-state index contributed by atoms with van der Waals surface area (Å²) in [5, 5.41) is 10.8. The molecular weight excluding hydrogens is 623 g/mol. The van der Waals surface area contributed by atoms with Crippen molar-refractivity contribution in [2.24, 2.45) is 0 Å². The van der Waals surface area contributed by atoms with Crippen molar-refractivity contribution in [2.45, 2.75) is 52.9 Å². The van der Waals surface area contributed by atoms with Crippen molar-refractivity contribution in [3.63, 3.8) is 0 Å². The Hall–Kier alpha value is -3.51. The lowest BCUT2D eigenvalue weighted by Crippen LogP contribution is -2.61. The first-order chi connectivity index (χ1) is 22.2. The number of rotatable bonds is 10. The highest BCUT2D eigenvalue weighted by atomic mass is 35.5. The fourth-order valence-electron chi connectivity index (χ4n) is 6.72. The average molecular weight is 666 g/mol. The zero-order valence-corrected chi connectivity index (χ0v) is 28.5.